The molecule has 1 saturated heterocycles. The van der Waals surface area contributed by atoms with Crippen molar-refractivity contribution in [3.05, 3.63) is 65.2 Å². The minimum atomic E-state index is -0.344. The summed E-state index contributed by atoms with van der Waals surface area (Å²) in [5, 5.41) is 2.58. The van der Waals surface area contributed by atoms with Crippen molar-refractivity contribution in [1.82, 2.24) is 10.2 Å². The van der Waals surface area contributed by atoms with Crippen LogP contribution in [0.5, 0.6) is 0 Å². The van der Waals surface area contributed by atoms with Crippen LogP contribution >= 0.6 is 0 Å². The van der Waals surface area contributed by atoms with E-state index in [4.69, 9.17) is 0 Å². The highest BCUT2D eigenvalue weighted by Crippen LogP contribution is 2.26. The van der Waals surface area contributed by atoms with E-state index in [0.717, 1.165) is 16.8 Å². The number of hydrogen-bond acceptors (Lipinski definition) is 3. The molecular weight excluding hydrogens is 354 g/mol. The topological polar surface area (TPSA) is 69.7 Å². The molecule has 1 fully saturated rings. The van der Waals surface area contributed by atoms with E-state index in [9.17, 15) is 14.4 Å². The highest BCUT2D eigenvalue weighted by molar-refractivity contribution is 6.00. The Morgan fingerprint density at radius 2 is 1.75 bits per heavy atom. The molecule has 0 spiro atoms. The van der Waals surface area contributed by atoms with Gasteiger partial charge in [-0.2, -0.15) is 0 Å². The second-order valence-electron chi connectivity index (χ2n) is 7.21. The van der Waals surface area contributed by atoms with E-state index in [1.165, 1.54) is 0 Å². The van der Waals surface area contributed by atoms with Gasteiger partial charge in [0.2, 0.25) is 11.8 Å². The molecule has 28 heavy (non-hydrogen) atoms. The quantitative estimate of drug-likeness (QED) is 0.867. The zero-order chi connectivity index (χ0) is 20.3. The maximum atomic E-state index is 12.8. The molecule has 2 aromatic carbocycles. The van der Waals surface area contributed by atoms with Gasteiger partial charge in [-0.05, 0) is 36.8 Å². The molecule has 0 radical (unpaired) electrons. The fourth-order valence-electron chi connectivity index (χ4n) is 3.42. The third kappa shape index (κ3) is 4.22. The average Bonchev–Trinajstić information content (AvgIpc) is 3.09. The SMILES string of the molecule is CNC(=O)c1ccc(CN(C)C(=O)[C@@H]2CC(=O)N(c3ccc(C)cc3)C2)cc1. The highest BCUT2D eigenvalue weighted by Gasteiger charge is 2.36. The number of benzene rings is 2. The summed E-state index contributed by atoms with van der Waals surface area (Å²) in [6.07, 6.45) is 0.229. The van der Waals surface area contributed by atoms with Crippen molar-refractivity contribution in [3.63, 3.8) is 0 Å². The van der Waals surface area contributed by atoms with Crippen LogP contribution in [-0.2, 0) is 16.1 Å². The number of anilines is 1. The molecule has 0 aromatic heterocycles. The number of rotatable bonds is 5. The van der Waals surface area contributed by atoms with E-state index >= 15 is 0 Å². The molecule has 1 atom stereocenters. The van der Waals surface area contributed by atoms with Gasteiger partial charge in [0.05, 0.1) is 5.92 Å². The van der Waals surface area contributed by atoms with Crippen molar-refractivity contribution < 1.29 is 14.4 Å². The van der Waals surface area contributed by atoms with Gasteiger partial charge in [-0.25, -0.2) is 0 Å². The molecule has 1 aliphatic rings. The van der Waals surface area contributed by atoms with Crippen molar-refractivity contribution >= 4 is 23.4 Å². The normalized spacial score (nSPS) is 16.2. The predicted molar refractivity (Wildman–Crippen MR) is 108 cm³/mol. The van der Waals surface area contributed by atoms with Crippen LogP contribution in [0.2, 0.25) is 0 Å². The van der Waals surface area contributed by atoms with Crippen LogP contribution in [0.15, 0.2) is 48.5 Å². The van der Waals surface area contributed by atoms with E-state index in [-0.39, 0.29) is 30.1 Å². The molecule has 0 bridgehead atoms. The molecular formula is C22H25N3O3. The fraction of sp³-hybridized carbons (Fsp3) is 0.318. The van der Waals surface area contributed by atoms with Crippen LogP contribution < -0.4 is 10.2 Å². The first-order valence-corrected chi connectivity index (χ1v) is 9.32. The monoisotopic (exact) mass is 379 g/mol. The molecule has 3 amide bonds. The second kappa shape index (κ2) is 8.25. The summed E-state index contributed by atoms with van der Waals surface area (Å²) in [5.41, 5.74) is 3.47. The van der Waals surface area contributed by atoms with Crippen LogP contribution in [0.3, 0.4) is 0 Å². The molecule has 3 rings (SSSR count). The third-order valence-electron chi connectivity index (χ3n) is 5.06. The Bertz CT molecular complexity index is 875. The number of carbonyl (C=O) groups is 3. The Labute approximate surface area is 165 Å². The van der Waals surface area contributed by atoms with Gasteiger partial charge < -0.3 is 15.1 Å². The zero-order valence-electron chi connectivity index (χ0n) is 16.4. The number of aryl methyl sites for hydroxylation is 1. The van der Waals surface area contributed by atoms with Crippen LogP contribution in [0, 0.1) is 12.8 Å². The van der Waals surface area contributed by atoms with Crippen molar-refractivity contribution in [1.29, 1.82) is 0 Å². The summed E-state index contributed by atoms with van der Waals surface area (Å²) >= 11 is 0. The van der Waals surface area contributed by atoms with Gasteiger partial charge >= 0.3 is 0 Å². The first-order chi connectivity index (χ1) is 13.4. The molecule has 2 aromatic rings. The Hall–Kier alpha value is -3.15. The lowest BCUT2D eigenvalue weighted by Crippen LogP contribution is -2.34. The molecule has 146 valence electrons. The van der Waals surface area contributed by atoms with Crippen molar-refractivity contribution in [2.24, 2.45) is 5.92 Å². The van der Waals surface area contributed by atoms with Gasteiger partial charge in [-0.3, -0.25) is 14.4 Å². The molecule has 0 unspecified atom stereocenters. The smallest absolute Gasteiger partial charge is 0.251 e. The molecule has 1 N–H and O–H groups in total. The first-order valence-electron chi connectivity index (χ1n) is 9.32. The largest absolute Gasteiger partial charge is 0.355 e. The van der Waals surface area contributed by atoms with Gasteiger partial charge in [0, 0.05) is 44.9 Å². The minimum Gasteiger partial charge on any atom is -0.355 e. The van der Waals surface area contributed by atoms with Gasteiger partial charge in [0.15, 0.2) is 0 Å². The Morgan fingerprint density at radius 3 is 2.36 bits per heavy atom. The van der Waals surface area contributed by atoms with Crippen molar-refractivity contribution in [2.75, 3.05) is 25.5 Å². The maximum absolute atomic E-state index is 12.8. The first kappa shape index (κ1) is 19.6. The van der Waals surface area contributed by atoms with Gasteiger partial charge in [-0.15, -0.1) is 0 Å². The van der Waals surface area contributed by atoms with Crippen LogP contribution in [0.25, 0.3) is 0 Å². The zero-order valence-corrected chi connectivity index (χ0v) is 16.4. The lowest BCUT2D eigenvalue weighted by Gasteiger charge is -2.22. The van der Waals surface area contributed by atoms with Gasteiger partial charge in [-0.1, -0.05) is 29.8 Å². The Kier molecular flexibility index (Phi) is 5.78. The summed E-state index contributed by atoms with van der Waals surface area (Å²) in [7, 11) is 3.33. The average molecular weight is 379 g/mol. The standard InChI is InChI=1S/C22H25N3O3/c1-15-4-10-19(11-5-15)25-14-18(12-20(25)26)22(28)24(3)13-16-6-8-17(9-7-16)21(27)23-2/h4-11,18H,12-14H2,1-3H3,(H,23,27)/t18-/m1/s1. The number of amides is 3. The lowest BCUT2D eigenvalue weighted by atomic mass is 10.1. The molecule has 1 aliphatic heterocycles. The molecule has 0 aliphatic carbocycles. The number of carbonyl (C=O) groups excluding carboxylic acids is 3. The predicted octanol–water partition coefficient (Wildman–Crippen LogP) is 2.37. The van der Waals surface area contributed by atoms with Gasteiger partial charge in [0.25, 0.3) is 5.91 Å². The van der Waals surface area contributed by atoms with Crippen molar-refractivity contribution in [3.8, 4) is 0 Å². The van der Waals surface area contributed by atoms with Crippen LogP contribution in [0.1, 0.15) is 27.9 Å². The minimum absolute atomic E-state index is 0.0227. The van der Waals surface area contributed by atoms with Crippen LogP contribution in [-0.4, -0.2) is 43.3 Å². The summed E-state index contributed by atoms with van der Waals surface area (Å²) in [6, 6.07) is 14.9. The van der Waals surface area contributed by atoms with Gasteiger partial charge in [0.1, 0.15) is 0 Å². The summed E-state index contributed by atoms with van der Waals surface area (Å²) in [4.78, 5) is 40.2. The lowest BCUT2D eigenvalue weighted by molar-refractivity contribution is -0.135. The van der Waals surface area contributed by atoms with Crippen LogP contribution in [0.4, 0.5) is 5.69 Å². The Morgan fingerprint density at radius 1 is 1.11 bits per heavy atom. The van der Waals surface area contributed by atoms with E-state index in [0.29, 0.717) is 18.7 Å². The fourth-order valence-corrected chi connectivity index (χ4v) is 3.42. The molecule has 1 heterocycles. The number of nitrogens with one attached hydrogen (secondary N) is 1. The van der Waals surface area contributed by atoms with Crippen molar-refractivity contribution in [2.45, 2.75) is 19.9 Å². The highest BCUT2D eigenvalue weighted by atomic mass is 16.2. The van der Waals surface area contributed by atoms with E-state index in [1.807, 2.05) is 43.3 Å². The van der Waals surface area contributed by atoms with E-state index < -0.39 is 0 Å². The van der Waals surface area contributed by atoms with E-state index in [1.54, 1.807) is 36.0 Å². The Balaban J connectivity index is 1.62. The van der Waals surface area contributed by atoms with E-state index in [2.05, 4.69) is 5.32 Å². The summed E-state index contributed by atoms with van der Waals surface area (Å²) in [6.45, 7) is 2.83. The third-order valence-corrected chi connectivity index (χ3v) is 5.06. The number of hydrogen-bond donors (Lipinski definition) is 1. The molecule has 6 nitrogen and oxygen atoms in total. The molecule has 0 saturated carbocycles. The second-order valence-corrected chi connectivity index (χ2v) is 7.21. The summed E-state index contributed by atoms with van der Waals surface area (Å²) < 4.78 is 0. The molecule has 6 heteroatoms. The number of nitrogens with zero attached hydrogens (tertiary/aromatic N) is 2. The maximum Gasteiger partial charge on any atom is 0.251 e. The summed E-state index contributed by atoms with van der Waals surface area (Å²) in [5.74, 6) is -0.551.